The molecule has 1 heterocycles. The van der Waals surface area contributed by atoms with E-state index in [2.05, 4.69) is 29.3 Å². The number of nitrogens with zero attached hydrogens (tertiary/aromatic N) is 2. The van der Waals surface area contributed by atoms with E-state index in [0.717, 1.165) is 35.6 Å². The van der Waals surface area contributed by atoms with Crippen molar-refractivity contribution in [3.63, 3.8) is 0 Å². The number of rotatable bonds is 2. The molecule has 19 heavy (non-hydrogen) atoms. The molecule has 94 valence electrons. The minimum atomic E-state index is 0.811. The van der Waals surface area contributed by atoms with Crippen molar-refractivity contribution >= 4 is 5.57 Å². The normalized spacial score (nSPS) is 14.3. The number of hydrogen-bond donors (Lipinski definition) is 0. The van der Waals surface area contributed by atoms with Gasteiger partial charge < -0.3 is 0 Å². The van der Waals surface area contributed by atoms with Crippen molar-refractivity contribution in [3.8, 4) is 11.4 Å². The Balaban J connectivity index is 2.06. The van der Waals surface area contributed by atoms with Crippen LogP contribution >= 0.6 is 0 Å². The van der Waals surface area contributed by atoms with E-state index in [-0.39, 0.29) is 0 Å². The maximum atomic E-state index is 4.71. The summed E-state index contributed by atoms with van der Waals surface area (Å²) >= 11 is 0. The summed E-state index contributed by atoms with van der Waals surface area (Å²) in [7, 11) is 0. The molecule has 1 aliphatic rings. The summed E-state index contributed by atoms with van der Waals surface area (Å²) in [4.78, 5) is 9.26. The van der Waals surface area contributed by atoms with Gasteiger partial charge in [0.15, 0.2) is 5.82 Å². The van der Waals surface area contributed by atoms with Crippen LogP contribution in [-0.4, -0.2) is 9.97 Å². The van der Waals surface area contributed by atoms with Gasteiger partial charge in [0.25, 0.3) is 0 Å². The predicted molar refractivity (Wildman–Crippen MR) is 78.6 cm³/mol. The first-order valence-electron chi connectivity index (χ1n) is 6.60. The maximum absolute atomic E-state index is 4.71. The molecule has 0 fully saturated rings. The molecular weight excluding hydrogens is 232 g/mol. The summed E-state index contributed by atoms with van der Waals surface area (Å²) in [6, 6.07) is 12.2. The first kappa shape index (κ1) is 11.8. The van der Waals surface area contributed by atoms with Crippen molar-refractivity contribution < 1.29 is 0 Å². The average Bonchev–Trinajstić information content (AvgIpc) is 2.48. The second-order valence-electron chi connectivity index (χ2n) is 4.74. The van der Waals surface area contributed by atoms with Gasteiger partial charge in [-0.15, -0.1) is 0 Å². The molecule has 1 aromatic heterocycles. The monoisotopic (exact) mass is 248 g/mol. The van der Waals surface area contributed by atoms with Crippen molar-refractivity contribution in [2.75, 3.05) is 0 Å². The van der Waals surface area contributed by atoms with Crippen LogP contribution in [0.1, 0.15) is 24.2 Å². The van der Waals surface area contributed by atoms with E-state index in [4.69, 9.17) is 4.98 Å². The zero-order valence-corrected chi connectivity index (χ0v) is 11.0. The van der Waals surface area contributed by atoms with Crippen LogP contribution < -0.4 is 0 Å². The van der Waals surface area contributed by atoms with Crippen LogP contribution in [0.3, 0.4) is 0 Å². The molecule has 1 aliphatic carbocycles. The van der Waals surface area contributed by atoms with Gasteiger partial charge in [-0.25, -0.2) is 9.97 Å². The van der Waals surface area contributed by atoms with Gasteiger partial charge in [-0.2, -0.15) is 0 Å². The smallest absolute Gasteiger partial charge is 0.159 e. The van der Waals surface area contributed by atoms with E-state index in [1.54, 1.807) is 0 Å². The molecule has 0 aliphatic heterocycles. The lowest BCUT2D eigenvalue weighted by Crippen LogP contribution is -1.98. The average molecular weight is 248 g/mol. The highest BCUT2D eigenvalue weighted by molar-refractivity contribution is 5.67. The van der Waals surface area contributed by atoms with E-state index in [1.807, 2.05) is 37.3 Å². The molecule has 1 aromatic carbocycles. The Morgan fingerprint density at radius 3 is 2.63 bits per heavy atom. The van der Waals surface area contributed by atoms with Gasteiger partial charge in [-0.05, 0) is 31.4 Å². The third kappa shape index (κ3) is 2.63. The van der Waals surface area contributed by atoms with Gasteiger partial charge in [-0.3, -0.25) is 0 Å². The molecule has 2 nitrogen and oxygen atoms in total. The fraction of sp³-hybridized carbons (Fsp3) is 0.176. The summed E-state index contributed by atoms with van der Waals surface area (Å²) in [5.41, 5.74) is 4.43. The third-order valence-electron chi connectivity index (χ3n) is 3.23. The lowest BCUT2D eigenvalue weighted by Gasteiger charge is -2.10. The van der Waals surface area contributed by atoms with E-state index in [0.29, 0.717) is 0 Å². The fourth-order valence-corrected chi connectivity index (χ4v) is 2.27. The van der Waals surface area contributed by atoms with E-state index in [9.17, 15) is 0 Å². The topological polar surface area (TPSA) is 25.8 Å². The minimum Gasteiger partial charge on any atom is -0.233 e. The molecule has 0 spiro atoms. The van der Waals surface area contributed by atoms with Gasteiger partial charge in [-0.1, -0.05) is 48.6 Å². The van der Waals surface area contributed by atoms with Crippen molar-refractivity contribution in [3.05, 3.63) is 66.0 Å². The van der Waals surface area contributed by atoms with E-state index in [1.165, 1.54) is 5.57 Å². The Morgan fingerprint density at radius 1 is 1.05 bits per heavy atom. The SMILES string of the molecule is Cc1cc(C2=CC=CCC2)nc(-c2ccccc2)n1. The van der Waals surface area contributed by atoms with Crippen LogP contribution in [0.5, 0.6) is 0 Å². The first-order chi connectivity index (χ1) is 9.33. The highest BCUT2D eigenvalue weighted by Crippen LogP contribution is 2.24. The Labute approximate surface area is 113 Å². The lowest BCUT2D eigenvalue weighted by molar-refractivity contribution is 1.02. The van der Waals surface area contributed by atoms with Crippen molar-refractivity contribution in [2.24, 2.45) is 0 Å². The number of aryl methyl sites for hydroxylation is 1. The summed E-state index contributed by atoms with van der Waals surface area (Å²) < 4.78 is 0. The van der Waals surface area contributed by atoms with Crippen molar-refractivity contribution in [1.29, 1.82) is 0 Å². The summed E-state index contributed by atoms with van der Waals surface area (Å²) in [5.74, 6) is 0.811. The second kappa shape index (κ2) is 5.19. The molecule has 2 heteroatoms. The highest BCUT2D eigenvalue weighted by Gasteiger charge is 2.09. The molecule has 0 atom stereocenters. The van der Waals surface area contributed by atoms with Crippen LogP contribution in [-0.2, 0) is 0 Å². The zero-order valence-electron chi connectivity index (χ0n) is 11.0. The van der Waals surface area contributed by atoms with Crippen LogP contribution in [0, 0.1) is 6.92 Å². The molecule has 0 amide bonds. The molecule has 0 unspecified atom stereocenters. The molecule has 0 radical (unpaired) electrons. The second-order valence-corrected chi connectivity index (χ2v) is 4.74. The Bertz CT molecular complexity index is 640. The van der Waals surface area contributed by atoms with Gasteiger partial charge in [0.2, 0.25) is 0 Å². The zero-order chi connectivity index (χ0) is 13.1. The van der Waals surface area contributed by atoms with Gasteiger partial charge in [0, 0.05) is 11.3 Å². The van der Waals surface area contributed by atoms with Crippen LogP contribution in [0.25, 0.3) is 17.0 Å². The fourth-order valence-electron chi connectivity index (χ4n) is 2.27. The minimum absolute atomic E-state index is 0.811. The third-order valence-corrected chi connectivity index (χ3v) is 3.23. The number of benzene rings is 1. The molecule has 2 aromatic rings. The lowest BCUT2D eigenvalue weighted by atomic mass is 10.0. The van der Waals surface area contributed by atoms with Crippen LogP contribution in [0.2, 0.25) is 0 Å². The molecule has 0 bridgehead atoms. The van der Waals surface area contributed by atoms with E-state index < -0.39 is 0 Å². The number of allylic oxidation sites excluding steroid dienone is 4. The molecule has 0 N–H and O–H groups in total. The number of hydrogen-bond acceptors (Lipinski definition) is 2. The summed E-state index contributed by atoms with van der Waals surface area (Å²) in [5, 5.41) is 0. The van der Waals surface area contributed by atoms with Gasteiger partial charge >= 0.3 is 0 Å². The molecule has 3 rings (SSSR count). The quantitative estimate of drug-likeness (QED) is 0.796. The Morgan fingerprint density at radius 2 is 1.89 bits per heavy atom. The Hall–Kier alpha value is -2.22. The Kier molecular flexibility index (Phi) is 3.23. The highest BCUT2D eigenvalue weighted by atomic mass is 14.9. The van der Waals surface area contributed by atoms with Crippen molar-refractivity contribution in [2.45, 2.75) is 19.8 Å². The van der Waals surface area contributed by atoms with Crippen LogP contribution in [0.15, 0.2) is 54.6 Å². The van der Waals surface area contributed by atoms with Gasteiger partial charge in [0.05, 0.1) is 5.69 Å². The molecular formula is C17H16N2. The van der Waals surface area contributed by atoms with Crippen LogP contribution in [0.4, 0.5) is 0 Å². The number of aromatic nitrogens is 2. The standard InChI is InChI=1S/C17H16N2/c1-13-12-16(14-8-4-2-5-9-14)19-17(18-13)15-10-6-3-7-11-15/h2-4,6-8,10-12H,5,9H2,1H3. The maximum Gasteiger partial charge on any atom is 0.159 e. The van der Waals surface area contributed by atoms with E-state index >= 15 is 0 Å². The predicted octanol–water partition coefficient (Wildman–Crippen LogP) is 4.19. The van der Waals surface area contributed by atoms with Crippen molar-refractivity contribution in [1.82, 2.24) is 9.97 Å². The van der Waals surface area contributed by atoms with Gasteiger partial charge in [0.1, 0.15) is 0 Å². The summed E-state index contributed by atoms with van der Waals surface area (Å²) in [6.45, 7) is 2.02. The largest absolute Gasteiger partial charge is 0.233 e. The summed E-state index contributed by atoms with van der Waals surface area (Å²) in [6.07, 6.45) is 8.60. The first-order valence-corrected chi connectivity index (χ1v) is 6.60. The molecule has 0 saturated carbocycles. The molecule has 0 saturated heterocycles.